The molecule has 0 amide bonds. The van der Waals surface area contributed by atoms with Gasteiger partial charge >= 0.3 is 0 Å². The summed E-state index contributed by atoms with van der Waals surface area (Å²) in [5.74, 6) is 0. The van der Waals surface area contributed by atoms with E-state index >= 15 is 0 Å². The maximum Gasteiger partial charge on any atom is 0.0697 e. The Morgan fingerprint density at radius 2 is 2.11 bits per heavy atom. The minimum absolute atomic E-state index is 0.391. The van der Waals surface area contributed by atoms with Gasteiger partial charge in [0.05, 0.1) is 18.1 Å². The van der Waals surface area contributed by atoms with E-state index in [1.165, 1.54) is 0 Å². The maximum atomic E-state index is 5.06. The van der Waals surface area contributed by atoms with E-state index in [1.807, 2.05) is 30.5 Å². The van der Waals surface area contributed by atoms with Crippen molar-refractivity contribution in [1.29, 1.82) is 0 Å². The fourth-order valence-corrected chi connectivity index (χ4v) is 1.71. The van der Waals surface area contributed by atoms with Crippen LogP contribution in [0.15, 0.2) is 36.7 Å². The van der Waals surface area contributed by atoms with Gasteiger partial charge in [-0.25, -0.2) is 4.68 Å². The third kappa shape index (κ3) is 3.30. The smallest absolute Gasteiger partial charge is 0.0697 e. The van der Waals surface area contributed by atoms with Crippen LogP contribution in [0.5, 0.6) is 0 Å². The third-order valence-corrected chi connectivity index (χ3v) is 2.72. The van der Waals surface area contributed by atoms with Gasteiger partial charge in [0.25, 0.3) is 0 Å². The van der Waals surface area contributed by atoms with Crippen LogP contribution in [0.4, 0.5) is 5.69 Å². The van der Waals surface area contributed by atoms with E-state index in [1.54, 1.807) is 18.0 Å². The topological polar surface area (TPSA) is 52.0 Å². The van der Waals surface area contributed by atoms with Crippen LogP contribution >= 0.6 is 0 Å². The SMILES string of the molecule is COCCC(C)Nc1ccc(-n2ccnn2)cc1. The monoisotopic (exact) mass is 246 g/mol. The van der Waals surface area contributed by atoms with Crippen LogP contribution in [0.1, 0.15) is 13.3 Å². The van der Waals surface area contributed by atoms with E-state index < -0.39 is 0 Å². The summed E-state index contributed by atoms with van der Waals surface area (Å²) in [7, 11) is 1.72. The average molecular weight is 246 g/mol. The summed E-state index contributed by atoms with van der Waals surface area (Å²) < 4.78 is 6.79. The second-order valence-corrected chi connectivity index (χ2v) is 4.22. The summed E-state index contributed by atoms with van der Waals surface area (Å²) in [4.78, 5) is 0. The summed E-state index contributed by atoms with van der Waals surface area (Å²) in [5, 5.41) is 11.2. The Bertz CT molecular complexity index is 452. The van der Waals surface area contributed by atoms with Gasteiger partial charge < -0.3 is 10.1 Å². The molecular formula is C13H18N4O. The predicted octanol–water partition coefficient (Wildman–Crippen LogP) is 2.10. The fraction of sp³-hybridized carbons (Fsp3) is 0.385. The Morgan fingerprint density at radius 1 is 1.33 bits per heavy atom. The summed E-state index contributed by atoms with van der Waals surface area (Å²) in [6.07, 6.45) is 4.48. The zero-order valence-corrected chi connectivity index (χ0v) is 10.7. The summed E-state index contributed by atoms with van der Waals surface area (Å²) >= 11 is 0. The Labute approximate surface area is 107 Å². The number of hydrogen-bond acceptors (Lipinski definition) is 4. The van der Waals surface area contributed by atoms with Gasteiger partial charge in [0.2, 0.25) is 0 Å². The second kappa shape index (κ2) is 6.16. The molecule has 2 aromatic rings. The molecule has 0 radical (unpaired) electrons. The van der Waals surface area contributed by atoms with E-state index in [4.69, 9.17) is 4.74 Å². The van der Waals surface area contributed by atoms with Gasteiger partial charge in [-0.1, -0.05) is 5.21 Å². The molecule has 1 atom stereocenters. The Balaban J connectivity index is 1.95. The molecule has 0 spiro atoms. The average Bonchev–Trinajstić information content (AvgIpc) is 2.91. The zero-order valence-electron chi connectivity index (χ0n) is 10.7. The van der Waals surface area contributed by atoms with E-state index in [-0.39, 0.29) is 0 Å². The number of nitrogens with one attached hydrogen (secondary N) is 1. The zero-order chi connectivity index (χ0) is 12.8. The van der Waals surface area contributed by atoms with Gasteiger partial charge in [0.1, 0.15) is 0 Å². The number of rotatable bonds is 6. The lowest BCUT2D eigenvalue weighted by Crippen LogP contribution is -2.17. The lowest BCUT2D eigenvalue weighted by molar-refractivity contribution is 0.191. The van der Waals surface area contributed by atoms with Crippen LogP contribution in [-0.4, -0.2) is 34.8 Å². The highest BCUT2D eigenvalue weighted by Gasteiger charge is 2.02. The summed E-state index contributed by atoms with van der Waals surface area (Å²) in [6, 6.07) is 8.50. The molecule has 1 N–H and O–H groups in total. The molecule has 0 bridgehead atoms. The molecule has 0 aliphatic carbocycles. The van der Waals surface area contributed by atoms with Gasteiger partial charge in [-0.3, -0.25) is 0 Å². The maximum absolute atomic E-state index is 5.06. The van der Waals surface area contributed by atoms with Crippen molar-refractivity contribution in [3.63, 3.8) is 0 Å². The van der Waals surface area contributed by atoms with Crippen molar-refractivity contribution in [1.82, 2.24) is 15.0 Å². The van der Waals surface area contributed by atoms with Crippen LogP contribution in [-0.2, 0) is 4.74 Å². The van der Waals surface area contributed by atoms with Crippen molar-refractivity contribution in [2.24, 2.45) is 0 Å². The molecule has 2 rings (SSSR count). The first-order chi connectivity index (χ1) is 8.79. The normalized spacial score (nSPS) is 12.3. The molecule has 1 aromatic heterocycles. The molecule has 0 saturated carbocycles. The van der Waals surface area contributed by atoms with Crippen molar-refractivity contribution in [3.05, 3.63) is 36.7 Å². The number of methoxy groups -OCH3 is 1. The first-order valence-electron chi connectivity index (χ1n) is 6.02. The number of nitrogens with zero attached hydrogens (tertiary/aromatic N) is 3. The van der Waals surface area contributed by atoms with Crippen LogP contribution in [0.2, 0.25) is 0 Å². The van der Waals surface area contributed by atoms with Gasteiger partial charge in [-0.2, -0.15) is 0 Å². The molecular weight excluding hydrogens is 228 g/mol. The summed E-state index contributed by atoms with van der Waals surface area (Å²) in [6.45, 7) is 2.91. The molecule has 0 aliphatic rings. The first kappa shape index (κ1) is 12.6. The highest BCUT2D eigenvalue weighted by atomic mass is 16.5. The van der Waals surface area contributed by atoms with Crippen LogP contribution in [0.25, 0.3) is 5.69 Å². The standard InChI is InChI=1S/C13H18N4O/c1-11(7-10-18-2)15-12-3-5-13(6-4-12)17-9-8-14-16-17/h3-6,8-9,11,15H,7,10H2,1-2H3. The van der Waals surface area contributed by atoms with Gasteiger partial charge in [0, 0.05) is 25.4 Å². The number of benzene rings is 1. The molecule has 1 heterocycles. The minimum atomic E-state index is 0.391. The predicted molar refractivity (Wildman–Crippen MR) is 70.9 cm³/mol. The molecule has 96 valence electrons. The third-order valence-electron chi connectivity index (χ3n) is 2.72. The van der Waals surface area contributed by atoms with Crippen LogP contribution in [0, 0.1) is 0 Å². The minimum Gasteiger partial charge on any atom is -0.385 e. The van der Waals surface area contributed by atoms with E-state index in [0.29, 0.717) is 6.04 Å². The van der Waals surface area contributed by atoms with Gasteiger partial charge in [-0.15, -0.1) is 5.10 Å². The first-order valence-corrected chi connectivity index (χ1v) is 6.02. The van der Waals surface area contributed by atoms with Crippen molar-refractivity contribution < 1.29 is 4.74 Å². The summed E-state index contributed by atoms with van der Waals surface area (Å²) in [5.41, 5.74) is 2.10. The Hall–Kier alpha value is -1.88. The highest BCUT2D eigenvalue weighted by molar-refractivity contribution is 5.48. The molecule has 5 nitrogen and oxygen atoms in total. The second-order valence-electron chi connectivity index (χ2n) is 4.22. The number of anilines is 1. The van der Waals surface area contributed by atoms with E-state index in [9.17, 15) is 0 Å². The van der Waals surface area contributed by atoms with Crippen molar-refractivity contribution in [2.75, 3.05) is 19.0 Å². The van der Waals surface area contributed by atoms with Gasteiger partial charge in [0.15, 0.2) is 0 Å². The number of ether oxygens (including phenoxy) is 1. The molecule has 0 aliphatic heterocycles. The quantitative estimate of drug-likeness (QED) is 0.848. The highest BCUT2D eigenvalue weighted by Crippen LogP contribution is 2.13. The lowest BCUT2D eigenvalue weighted by atomic mass is 10.2. The van der Waals surface area contributed by atoms with Gasteiger partial charge in [-0.05, 0) is 37.6 Å². The van der Waals surface area contributed by atoms with Crippen molar-refractivity contribution >= 4 is 5.69 Å². The largest absolute Gasteiger partial charge is 0.385 e. The fourth-order valence-electron chi connectivity index (χ4n) is 1.71. The molecule has 0 fully saturated rings. The molecule has 18 heavy (non-hydrogen) atoms. The van der Waals surface area contributed by atoms with E-state index in [2.05, 4.69) is 22.6 Å². The molecule has 1 unspecified atom stereocenters. The Morgan fingerprint density at radius 3 is 2.72 bits per heavy atom. The van der Waals surface area contributed by atoms with E-state index in [0.717, 1.165) is 24.4 Å². The molecule has 0 saturated heterocycles. The van der Waals surface area contributed by atoms with Crippen LogP contribution < -0.4 is 5.32 Å². The van der Waals surface area contributed by atoms with Crippen molar-refractivity contribution in [3.8, 4) is 5.69 Å². The lowest BCUT2D eigenvalue weighted by Gasteiger charge is -2.14. The number of hydrogen-bond donors (Lipinski definition) is 1. The Kier molecular flexibility index (Phi) is 4.30. The van der Waals surface area contributed by atoms with Crippen molar-refractivity contribution in [2.45, 2.75) is 19.4 Å². The van der Waals surface area contributed by atoms with Crippen LogP contribution in [0.3, 0.4) is 0 Å². The molecule has 5 heteroatoms. The number of aromatic nitrogens is 3. The molecule has 1 aromatic carbocycles.